The molecule has 34 heavy (non-hydrogen) atoms. The fourth-order valence-corrected chi connectivity index (χ4v) is 5.13. The Bertz CT molecular complexity index is 1220. The van der Waals surface area contributed by atoms with Crippen molar-refractivity contribution in [3.8, 4) is 0 Å². The molecule has 1 unspecified atom stereocenters. The van der Waals surface area contributed by atoms with Crippen molar-refractivity contribution in [2.24, 2.45) is 0 Å². The Morgan fingerprint density at radius 3 is 2.03 bits per heavy atom. The number of nitrogens with one attached hydrogen (secondary N) is 1. The molecular weight excluding hydrogens is 518 g/mol. The summed E-state index contributed by atoms with van der Waals surface area (Å²) in [6, 6.07) is 23.1. The van der Waals surface area contributed by atoms with Crippen LogP contribution in [-0.2, 0) is 26.2 Å². The second kappa shape index (κ2) is 11.3. The highest BCUT2D eigenvalue weighted by atomic mass is 79.9. The molecule has 7 nitrogen and oxygen atoms in total. The third-order valence-electron chi connectivity index (χ3n) is 5.33. The summed E-state index contributed by atoms with van der Waals surface area (Å²) in [5, 5.41) is 2.56. The number of likely N-dealkylation sites (N-methyl/N-ethyl adjacent to an activating group) is 1. The molecular formula is C25H26BrN3O4S. The predicted octanol–water partition coefficient (Wildman–Crippen LogP) is 3.81. The number of carbonyl (C=O) groups excluding carboxylic acids is 2. The fourth-order valence-electron chi connectivity index (χ4n) is 3.43. The number of carbonyl (C=O) groups is 2. The van der Waals surface area contributed by atoms with Crippen LogP contribution in [0.1, 0.15) is 12.5 Å². The molecule has 3 aromatic rings. The van der Waals surface area contributed by atoms with Crippen LogP contribution in [0.3, 0.4) is 0 Å². The van der Waals surface area contributed by atoms with Gasteiger partial charge in [0, 0.05) is 18.1 Å². The van der Waals surface area contributed by atoms with Crippen LogP contribution in [0.15, 0.2) is 94.3 Å². The van der Waals surface area contributed by atoms with Gasteiger partial charge >= 0.3 is 0 Å². The average Bonchev–Trinajstić information content (AvgIpc) is 2.86. The minimum Gasteiger partial charge on any atom is -0.357 e. The van der Waals surface area contributed by atoms with E-state index in [0.29, 0.717) is 5.69 Å². The molecule has 0 saturated heterocycles. The highest BCUT2D eigenvalue weighted by Crippen LogP contribution is 2.26. The first-order valence-electron chi connectivity index (χ1n) is 10.6. The number of rotatable bonds is 9. The molecule has 0 aliphatic carbocycles. The fraction of sp³-hybridized carbons (Fsp3) is 0.200. The molecule has 0 fully saturated rings. The molecule has 0 radical (unpaired) electrons. The van der Waals surface area contributed by atoms with Crippen LogP contribution in [0.5, 0.6) is 0 Å². The number of sulfonamides is 1. The van der Waals surface area contributed by atoms with Crippen molar-refractivity contribution in [3.63, 3.8) is 0 Å². The van der Waals surface area contributed by atoms with Crippen LogP contribution in [-0.4, -0.2) is 44.8 Å². The molecule has 0 aromatic heterocycles. The second-order valence-corrected chi connectivity index (χ2v) is 10.4. The van der Waals surface area contributed by atoms with Crippen molar-refractivity contribution in [1.82, 2.24) is 10.2 Å². The Morgan fingerprint density at radius 1 is 0.912 bits per heavy atom. The molecule has 0 bridgehead atoms. The van der Waals surface area contributed by atoms with Gasteiger partial charge in [-0.2, -0.15) is 0 Å². The zero-order valence-corrected chi connectivity index (χ0v) is 21.3. The summed E-state index contributed by atoms with van der Waals surface area (Å²) in [5.41, 5.74) is 1.17. The normalized spacial score (nSPS) is 12.0. The summed E-state index contributed by atoms with van der Waals surface area (Å²) in [6.07, 6.45) is 0. The van der Waals surface area contributed by atoms with Gasteiger partial charge in [-0.15, -0.1) is 0 Å². The van der Waals surface area contributed by atoms with E-state index in [2.05, 4.69) is 21.2 Å². The molecule has 0 heterocycles. The Balaban J connectivity index is 2.00. The lowest BCUT2D eigenvalue weighted by Crippen LogP contribution is -2.50. The minimum atomic E-state index is -4.05. The zero-order chi connectivity index (χ0) is 24.7. The lowest BCUT2D eigenvalue weighted by Gasteiger charge is -2.31. The SMILES string of the molecule is CNC(=O)C(C)N(Cc1ccccc1)C(=O)CN(c1ccc(Br)cc1)S(=O)(=O)c1ccccc1. The number of anilines is 1. The van der Waals surface area contributed by atoms with Gasteiger partial charge in [-0.3, -0.25) is 13.9 Å². The van der Waals surface area contributed by atoms with Gasteiger partial charge in [0.2, 0.25) is 11.8 Å². The largest absolute Gasteiger partial charge is 0.357 e. The van der Waals surface area contributed by atoms with Crippen LogP contribution in [0, 0.1) is 0 Å². The Morgan fingerprint density at radius 2 is 1.47 bits per heavy atom. The minimum absolute atomic E-state index is 0.0691. The molecule has 0 spiro atoms. The van der Waals surface area contributed by atoms with E-state index >= 15 is 0 Å². The maximum atomic E-state index is 13.6. The molecule has 9 heteroatoms. The number of hydrogen-bond acceptors (Lipinski definition) is 4. The topological polar surface area (TPSA) is 86.8 Å². The van der Waals surface area contributed by atoms with E-state index in [4.69, 9.17) is 0 Å². The first-order chi connectivity index (χ1) is 16.2. The van der Waals surface area contributed by atoms with Gasteiger partial charge in [0.25, 0.3) is 10.0 Å². The second-order valence-electron chi connectivity index (χ2n) is 7.60. The van der Waals surface area contributed by atoms with E-state index in [1.807, 2.05) is 30.3 Å². The van der Waals surface area contributed by atoms with Crippen molar-refractivity contribution in [2.75, 3.05) is 17.9 Å². The molecule has 1 atom stereocenters. The van der Waals surface area contributed by atoms with Crippen molar-refractivity contribution in [2.45, 2.75) is 24.4 Å². The predicted molar refractivity (Wildman–Crippen MR) is 136 cm³/mol. The van der Waals surface area contributed by atoms with Gasteiger partial charge in [0.15, 0.2) is 0 Å². The van der Waals surface area contributed by atoms with E-state index in [-0.39, 0.29) is 17.3 Å². The highest BCUT2D eigenvalue weighted by molar-refractivity contribution is 9.10. The van der Waals surface area contributed by atoms with Crippen LogP contribution < -0.4 is 9.62 Å². The summed E-state index contributed by atoms with van der Waals surface area (Å²) in [7, 11) is -2.55. The number of amides is 2. The van der Waals surface area contributed by atoms with Gasteiger partial charge < -0.3 is 10.2 Å². The number of halogens is 1. The van der Waals surface area contributed by atoms with Crippen molar-refractivity contribution < 1.29 is 18.0 Å². The van der Waals surface area contributed by atoms with Crippen molar-refractivity contribution >= 4 is 43.5 Å². The number of hydrogen-bond donors (Lipinski definition) is 1. The van der Waals surface area contributed by atoms with Gasteiger partial charge in [0.05, 0.1) is 10.6 Å². The maximum Gasteiger partial charge on any atom is 0.264 e. The van der Waals surface area contributed by atoms with E-state index in [9.17, 15) is 18.0 Å². The molecule has 0 aliphatic heterocycles. The maximum absolute atomic E-state index is 13.6. The van der Waals surface area contributed by atoms with Crippen LogP contribution in [0.25, 0.3) is 0 Å². The lowest BCUT2D eigenvalue weighted by atomic mass is 10.1. The Hall–Kier alpha value is -3.17. The Kier molecular flexibility index (Phi) is 8.46. The molecule has 2 amide bonds. The number of nitrogens with zero attached hydrogens (tertiary/aromatic N) is 2. The molecule has 0 saturated carbocycles. The molecule has 3 rings (SSSR count). The summed E-state index contributed by atoms with van der Waals surface area (Å²) < 4.78 is 29.0. The standard InChI is InChI=1S/C25H26BrN3O4S/c1-19(25(31)27-2)28(17-20-9-5-3-6-10-20)24(30)18-29(22-15-13-21(26)14-16-22)34(32,33)23-11-7-4-8-12-23/h3-16,19H,17-18H2,1-2H3,(H,27,31). The quantitative estimate of drug-likeness (QED) is 0.444. The lowest BCUT2D eigenvalue weighted by molar-refractivity contribution is -0.139. The zero-order valence-electron chi connectivity index (χ0n) is 18.9. The smallest absolute Gasteiger partial charge is 0.264 e. The van der Waals surface area contributed by atoms with Crippen molar-refractivity contribution in [1.29, 1.82) is 0 Å². The number of benzene rings is 3. The highest BCUT2D eigenvalue weighted by Gasteiger charge is 2.32. The monoisotopic (exact) mass is 543 g/mol. The molecule has 178 valence electrons. The van der Waals surface area contributed by atoms with Gasteiger partial charge in [-0.05, 0) is 48.9 Å². The summed E-state index contributed by atoms with van der Waals surface area (Å²) in [6.45, 7) is 1.32. The van der Waals surface area contributed by atoms with E-state index in [1.165, 1.54) is 24.1 Å². The van der Waals surface area contributed by atoms with E-state index in [1.54, 1.807) is 49.4 Å². The summed E-state index contributed by atoms with van der Waals surface area (Å²) in [5.74, 6) is -0.840. The Labute approximate surface area is 208 Å². The third-order valence-corrected chi connectivity index (χ3v) is 7.65. The average molecular weight is 544 g/mol. The molecule has 0 aliphatic rings. The summed E-state index contributed by atoms with van der Waals surface area (Å²) >= 11 is 3.36. The first kappa shape index (κ1) is 25.5. The van der Waals surface area contributed by atoms with Crippen LogP contribution in [0.4, 0.5) is 5.69 Å². The molecule has 3 aromatic carbocycles. The van der Waals surface area contributed by atoms with Crippen LogP contribution >= 0.6 is 15.9 Å². The van der Waals surface area contributed by atoms with E-state index in [0.717, 1.165) is 14.3 Å². The first-order valence-corrected chi connectivity index (χ1v) is 12.9. The van der Waals surface area contributed by atoms with E-state index < -0.39 is 28.5 Å². The van der Waals surface area contributed by atoms with Crippen molar-refractivity contribution in [3.05, 3.63) is 95.0 Å². The van der Waals surface area contributed by atoms with Gasteiger partial charge in [0.1, 0.15) is 12.6 Å². The van der Waals surface area contributed by atoms with Gasteiger partial charge in [-0.1, -0.05) is 64.5 Å². The molecule has 1 N–H and O–H groups in total. The third kappa shape index (κ3) is 6.03. The van der Waals surface area contributed by atoms with Crippen LogP contribution in [0.2, 0.25) is 0 Å². The summed E-state index contributed by atoms with van der Waals surface area (Å²) in [4.78, 5) is 27.4. The van der Waals surface area contributed by atoms with Gasteiger partial charge in [-0.25, -0.2) is 8.42 Å².